The highest BCUT2D eigenvalue weighted by Crippen LogP contribution is 2.64. The second-order valence-electron chi connectivity index (χ2n) is 6.81. The third-order valence-electron chi connectivity index (χ3n) is 5.01. The van der Waals surface area contributed by atoms with Crippen LogP contribution in [0, 0.1) is 5.92 Å². The Morgan fingerprint density at radius 1 is 1.19 bits per heavy atom. The topological polar surface area (TPSA) is 20.2 Å². The normalized spacial score (nSPS) is 25.9. The highest BCUT2D eigenvalue weighted by molar-refractivity contribution is 6.86. The van der Waals surface area contributed by atoms with E-state index in [-0.39, 0.29) is 5.22 Å². The molecule has 0 bridgehead atoms. The van der Waals surface area contributed by atoms with Gasteiger partial charge in [-0.2, -0.15) is 0 Å². The summed E-state index contributed by atoms with van der Waals surface area (Å²) in [7, 11) is -1.44. The summed E-state index contributed by atoms with van der Waals surface area (Å²) in [6.07, 6.45) is 6.71. The summed E-state index contributed by atoms with van der Waals surface area (Å²) in [6.45, 7) is 9.04. The molecule has 2 saturated carbocycles. The van der Waals surface area contributed by atoms with Gasteiger partial charge in [-0.1, -0.05) is 52.5 Å². The third-order valence-corrected chi connectivity index (χ3v) is 12.5. The number of rotatable bonds is 6. The Morgan fingerprint density at radius 3 is 1.88 bits per heavy atom. The van der Waals surface area contributed by atoms with Crippen LogP contribution in [0.25, 0.3) is 0 Å². The Kier molecular flexibility index (Phi) is 3.26. The molecule has 1 atom stereocenters. The van der Waals surface area contributed by atoms with Gasteiger partial charge in [0.1, 0.15) is 0 Å². The van der Waals surface area contributed by atoms with E-state index in [1.54, 1.807) is 0 Å². The van der Waals surface area contributed by atoms with Crippen LogP contribution in [-0.2, 0) is 0 Å². The van der Waals surface area contributed by atoms with E-state index in [4.69, 9.17) is 0 Å². The van der Waals surface area contributed by atoms with Gasteiger partial charge in [0.25, 0.3) is 0 Å². The first-order valence-electron chi connectivity index (χ1n) is 7.16. The first-order chi connectivity index (χ1) is 7.44. The van der Waals surface area contributed by atoms with E-state index in [9.17, 15) is 5.11 Å². The lowest BCUT2D eigenvalue weighted by molar-refractivity contribution is 0.106. The first kappa shape index (κ1) is 12.6. The zero-order valence-corrected chi connectivity index (χ0v) is 12.4. The summed E-state index contributed by atoms with van der Waals surface area (Å²) in [5, 5.41) is 10.8. The summed E-state index contributed by atoms with van der Waals surface area (Å²) in [5.74, 6) is 0.630. The zero-order chi connectivity index (χ0) is 12.0. The van der Waals surface area contributed by atoms with E-state index in [0.29, 0.717) is 5.92 Å². The minimum Gasteiger partial charge on any atom is -0.394 e. The molecule has 94 valence electrons. The van der Waals surface area contributed by atoms with Crippen molar-refractivity contribution in [2.75, 3.05) is 0 Å². The van der Waals surface area contributed by atoms with Gasteiger partial charge in [-0.3, -0.25) is 0 Å². The monoisotopic (exact) mass is 240 g/mol. The lowest BCUT2D eigenvalue weighted by Crippen LogP contribution is -2.58. The first-order valence-corrected chi connectivity index (χ1v) is 9.52. The smallest absolute Gasteiger partial charge is 0.0966 e. The largest absolute Gasteiger partial charge is 0.394 e. The highest BCUT2D eigenvalue weighted by Gasteiger charge is 2.63. The van der Waals surface area contributed by atoms with Crippen molar-refractivity contribution in [2.24, 2.45) is 5.92 Å². The summed E-state index contributed by atoms with van der Waals surface area (Å²) in [4.78, 5) is 0. The molecule has 2 aliphatic carbocycles. The molecule has 2 heteroatoms. The van der Waals surface area contributed by atoms with Crippen LogP contribution in [0.15, 0.2) is 0 Å². The van der Waals surface area contributed by atoms with Crippen LogP contribution in [0.5, 0.6) is 0 Å². The Bertz CT molecular complexity index is 239. The van der Waals surface area contributed by atoms with E-state index in [1.807, 2.05) is 0 Å². The molecule has 2 rings (SSSR count). The lowest BCUT2D eigenvalue weighted by Gasteiger charge is -2.45. The second-order valence-corrected chi connectivity index (χ2v) is 12.3. The molecular weight excluding hydrogens is 212 g/mol. The molecule has 1 N–H and O–H groups in total. The minimum atomic E-state index is -1.44. The van der Waals surface area contributed by atoms with Crippen LogP contribution in [0.3, 0.4) is 0 Å². The fourth-order valence-corrected chi connectivity index (χ4v) is 11.9. The number of aliphatic hydroxyl groups is 1. The van der Waals surface area contributed by atoms with Crippen molar-refractivity contribution < 1.29 is 5.11 Å². The van der Waals surface area contributed by atoms with Crippen LogP contribution in [0.1, 0.15) is 59.8 Å². The van der Waals surface area contributed by atoms with E-state index in [2.05, 4.69) is 27.7 Å². The van der Waals surface area contributed by atoms with Gasteiger partial charge in [-0.25, -0.2) is 0 Å². The predicted octanol–water partition coefficient (Wildman–Crippen LogP) is 4.12. The highest BCUT2D eigenvalue weighted by atomic mass is 28.3. The number of hydrogen-bond acceptors (Lipinski definition) is 1. The molecule has 0 heterocycles. The van der Waals surface area contributed by atoms with Crippen molar-refractivity contribution in [1.29, 1.82) is 0 Å². The average molecular weight is 240 g/mol. The van der Waals surface area contributed by atoms with Crippen LogP contribution < -0.4 is 0 Å². The Morgan fingerprint density at radius 2 is 1.62 bits per heavy atom. The Labute approximate surface area is 102 Å². The van der Waals surface area contributed by atoms with E-state index in [1.165, 1.54) is 31.7 Å². The average Bonchev–Trinajstić information content (AvgIpc) is 2.98. The molecule has 0 aromatic rings. The summed E-state index contributed by atoms with van der Waals surface area (Å²) >= 11 is 0. The van der Waals surface area contributed by atoms with Gasteiger partial charge >= 0.3 is 0 Å². The van der Waals surface area contributed by atoms with Crippen molar-refractivity contribution >= 4 is 8.07 Å². The maximum absolute atomic E-state index is 11.1. The lowest BCUT2D eigenvalue weighted by atomic mass is 10.1. The van der Waals surface area contributed by atoms with Crippen LogP contribution in [0.4, 0.5) is 0 Å². The number of hydrogen-bond donors (Lipinski definition) is 1. The molecule has 0 aromatic carbocycles. The fourth-order valence-electron chi connectivity index (χ4n) is 4.35. The molecular formula is C14H28OSi. The van der Waals surface area contributed by atoms with Crippen LogP contribution >= 0.6 is 0 Å². The van der Waals surface area contributed by atoms with Crippen molar-refractivity contribution in [1.82, 2.24) is 0 Å². The standard InChI is InChI=1S/C14H28OSi/c1-5-16(12-6-7-12,13-8-9-13)14(4,15)10-11(2)3/h11-13,15H,5-10H2,1-4H3. The summed E-state index contributed by atoms with van der Waals surface area (Å²) < 4.78 is 0. The molecule has 0 aliphatic heterocycles. The van der Waals surface area contributed by atoms with Crippen molar-refractivity contribution in [2.45, 2.75) is 82.1 Å². The van der Waals surface area contributed by atoms with E-state index in [0.717, 1.165) is 17.5 Å². The Hall–Kier alpha value is 0.177. The van der Waals surface area contributed by atoms with Gasteiger partial charge in [0.05, 0.1) is 13.3 Å². The van der Waals surface area contributed by atoms with Gasteiger partial charge in [0, 0.05) is 0 Å². The molecule has 0 amide bonds. The quantitative estimate of drug-likeness (QED) is 0.692. The van der Waals surface area contributed by atoms with Crippen molar-refractivity contribution in [3.63, 3.8) is 0 Å². The molecule has 1 unspecified atom stereocenters. The van der Waals surface area contributed by atoms with Crippen LogP contribution in [-0.4, -0.2) is 18.4 Å². The molecule has 0 spiro atoms. The maximum Gasteiger partial charge on any atom is 0.0966 e. The van der Waals surface area contributed by atoms with E-state index < -0.39 is 8.07 Å². The molecule has 0 radical (unpaired) electrons. The maximum atomic E-state index is 11.1. The SMILES string of the molecule is CC[Si](C1CC1)(C1CC1)C(C)(O)CC(C)C. The Balaban J connectivity index is 2.22. The predicted molar refractivity (Wildman–Crippen MR) is 72.3 cm³/mol. The molecule has 2 aliphatic rings. The van der Waals surface area contributed by atoms with Crippen molar-refractivity contribution in [3.05, 3.63) is 0 Å². The van der Waals surface area contributed by atoms with E-state index >= 15 is 0 Å². The molecule has 1 nitrogen and oxygen atoms in total. The fraction of sp³-hybridized carbons (Fsp3) is 1.00. The third kappa shape index (κ3) is 1.99. The van der Waals surface area contributed by atoms with Gasteiger partial charge in [0.15, 0.2) is 0 Å². The molecule has 0 saturated heterocycles. The molecule has 0 aromatic heterocycles. The summed E-state index contributed by atoms with van der Waals surface area (Å²) in [6, 6.07) is 1.31. The zero-order valence-electron chi connectivity index (χ0n) is 11.4. The molecule has 2 fully saturated rings. The molecule has 16 heavy (non-hydrogen) atoms. The van der Waals surface area contributed by atoms with Gasteiger partial charge in [-0.05, 0) is 30.3 Å². The van der Waals surface area contributed by atoms with Gasteiger partial charge in [-0.15, -0.1) is 0 Å². The van der Waals surface area contributed by atoms with Crippen LogP contribution in [0.2, 0.25) is 17.1 Å². The van der Waals surface area contributed by atoms with Gasteiger partial charge < -0.3 is 5.11 Å². The summed E-state index contributed by atoms with van der Waals surface area (Å²) in [5.41, 5.74) is 1.91. The van der Waals surface area contributed by atoms with Crippen molar-refractivity contribution in [3.8, 4) is 0 Å². The minimum absolute atomic E-state index is 0.307. The van der Waals surface area contributed by atoms with Gasteiger partial charge in [0.2, 0.25) is 0 Å². The second kappa shape index (κ2) is 4.13.